The lowest BCUT2D eigenvalue weighted by Gasteiger charge is -2.09. The summed E-state index contributed by atoms with van der Waals surface area (Å²) in [6.45, 7) is 0. The molecule has 7 heteroatoms. The first-order chi connectivity index (χ1) is 9.99. The zero-order chi connectivity index (χ0) is 15.4. The fourth-order valence-electron chi connectivity index (χ4n) is 1.53. The molecule has 108 valence electrons. The highest BCUT2D eigenvalue weighted by Gasteiger charge is 2.13. The first-order valence-electron chi connectivity index (χ1n) is 5.79. The number of hydrogen-bond donors (Lipinski definition) is 2. The van der Waals surface area contributed by atoms with Gasteiger partial charge in [-0.3, -0.25) is 20.4 Å². The van der Waals surface area contributed by atoms with Gasteiger partial charge in [0.15, 0.2) is 0 Å². The quantitative estimate of drug-likeness (QED) is 0.769. The van der Waals surface area contributed by atoms with E-state index in [0.29, 0.717) is 5.56 Å². The Balaban J connectivity index is 2.02. The number of carbonyl (C=O) groups excluding carboxylic acids is 2. The van der Waals surface area contributed by atoms with E-state index in [1.54, 1.807) is 36.4 Å². The predicted molar refractivity (Wildman–Crippen MR) is 85.5 cm³/mol. The van der Waals surface area contributed by atoms with E-state index >= 15 is 0 Å². The topological polar surface area (TPSA) is 58.2 Å². The molecule has 0 aliphatic rings. The minimum absolute atomic E-state index is 0.134. The highest BCUT2D eigenvalue weighted by molar-refractivity contribution is 9.10. The third-order valence-electron chi connectivity index (χ3n) is 2.59. The van der Waals surface area contributed by atoms with Crippen molar-refractivity contribution in [2.75, 3.05) is 0 Å². The Morgan fingerprint density at radius 2 is 1.52 bits per heavy atom. The summed E-state index contributed by atoms with van der Waals surface area (Å²) in [4.78, 5) is 23.8. The molecule has 0 fully saturated rings. The van der Waals surface area contributed by atoms with Crippen LogP contribution in [0.1, 0.15) is 20.7 Å². The molecule has 2 N–H and O–H groups in total. The summed E-state index contributed by atoms with van der Waals surface area (Å²) in [6, 6.07) is 11.4. The normalized spacial score (nSPS) is 10.0. The van der Waals surface area contributed by atoms with Crippen LogP contribution in [0.4, 0.5) is 0 Å². The van der Waals surface area contributed by atoms with Gasteiger partial charge >= 0.3 is 0 Å². The second-order valence-electron chi connectivity index (χ2n) is 4.02. The summed E-state index contributed by atoms with van der Waals surface area (Å²) in [7, 11) is 0. The minimum Gasteiger partial charge on any atom is -0.267 e. The van der Waals surface area contributed by atoms with Crippen LogP contribution in [0.15, 0.2) is 46.9 Å². The molecule has 0 aliphatic heterocycles. The standard InChI is InChI=1S/C14H9BrCl2N2O2/c15-9-6-4-8(5-7-9)13(20)18-19-14(21)10-2-1-3-11(16)12(10)17/h1-7H,(H,18,20)(H,19,21). The number of amides is 2. The molecule has 2 aromatic carbocycles. The van der Waals surface area contributed by atoms with Gasteiger partial charge in [0.05, 0.1) is 15.6 Å². The SMILES string of the molecule is O=C(NNC(=O)c1cccc(Cl)c1Cl)c1ccc(Br)cc1. The summed E-state index contributed by atoms with van der Waals surface area (Å²) in [5, 5.41) is 0.401. The molecule has 21 heavy (non-hydrogen) atoms. The number of benzene rings is 2. The van der Waals surface area contributed by atoms with Gasteiger partial charge in [-0.1, -0.05) is 45.2 Å². The molecule has 2 rings (SSSR count). The number of carbonyl (C=O) groups is 2. The molecule has 0 aromatic heterocycles. The number of nitrogens with one attached hydrogen (secondary N) is 2. The Morgan fingerprint density at radius 1 is 0.905 bits per heavy atom. The van der Waals surface area contributed by atoms with Crippen LogP contribution >= 0.6 is 39.1 Å². The molecule has 0 saturated carbocycles. The van der Waals surface area contributed by atoms with E-state index in [1.165, 1.54) is 6.07 Å². The molecular formula is C14H9BrCl2N2O2. The molecule has 0 spiro atoms. The van der Waals surface area contributed by atoms with E-state index in [-0.39, 0.29) is 15.6 Å². The molecule has 2 amide bonds. The van der Waals surface area contributed by atoms with Gasteiger partial charge in [0.25, 0.3) is 11.8 Å². The van der Waals surface area contributed by atoms with Gasteiger partial charge in [-0.25, -0.2) is 0 Å². The molecule has 2 aromatic rings. The van der Waals surface area contributed by atoms with Gasteiger partial charge < -0.3 is 0 Å². The van der Waals surface area contributed by atoms with Crippen LogP contribution < -0.4 is 10.9 Å². The average molecular weight is 388 g/mol. The van der Waals surface area contributed by atoms with Gasteiger partial charge in [-0.15, -0.1) is 0 Å². The zero-order valence-electron chi connectivity index (χ0n) is 10.5. The highest BCUT2D eigenvalue weighted by atomic mass is 79.9. The smallest absolute Gasteiger partial charge is 0.267 e. The minimum atomic E-state index is -0.548. The van der Waals surface area contributed by atoms with Crippen molar-refractivity contribution in [1.29, 1.82) is 0 Å². The number of rotatable bonds is 2. The van der Waals surface area contributed by atoms with Crippen LogP contribution in [-0.4, -0.2) is 11.8 Å². The zero-order valence-corrected chi connectivity index (χ0v) is 13.6. The van der Waals surface area contributed by atoms with E-state index in [4.69, 9.17) is 23.2 Å². The number of hydrogen-bond acceptors (Lipinski definition) is 2. The van der Waals surface area contributed by atoms with Crippen LogP contribution in [0.25, 0.3) is 0 Å². The number of halogens is 3. The van der Waals surface area contributed by atoms with Crippen molar-refractivity contribution in [1.82, 2.24) is 10.9 Å². The van der Waals surface area contributed by atoms with Crippen LogP contribution in [0.5, 0.6) is 0 Å². The molecular weight excluding hydrogens is 379 g/mol. The van der Waals surface area contributed by atoms with Crippen molar-refractivity contribution >= 4 is 50.9 Å². The molecule has 0 atom stereocenters. The fourth-order valence-corrected chi connectivity index (χ4v) is 2.18. The molecule has 0 bridgehead atoms. The first-order valence-corrected chi connectivity index (χ1v) is 7.34. The van der Waals surface area contributed by atoms with Crippen molar-refractivity contribution in [2.45, 2.75) is 0 Å². The maximum atomic E-state index is 11.9. The first kappa shape index (κ1) is 15.8. The molecule has 0 heterocycles. The summed E-state index contributed by atoms with van der Waals surface area (Å²) in [5.41, 5.74) is 5.19. The summed E-state index contributed by atoms with van der Waals surface area (Å²) in [5.74, 6) is -0.984. The molecule has 0 radical (unpaired) electrons. The summed E-state index contributed by atoms with van der Waals surface area (Å²) < 4.78 is 0.855. The summed E-state index contributed by atoms with van der Waals surface area (Å²) >= 11 is 15.0. The molecule has 4 nitrogen and oxygen atoms in total. The maximum absolute atomic E-state index is 11.9. The third kappa shape index (κ3) is 3.97. The Morgan fingerprint density at radius 3 is 2.19 bits per heavy atom. The molecule has 0 unspecified atom stereocenters. The van der Waals surface area contributed by atoms with E-state index in [0.717, 1.165) is 4.47 Å². The van der Waals surface area contributed by atoms with Crippen LogP contribution in [0, 0.1) is 0 Å². The Hall–Kier alpha value is -1.56. The van der Waals surface area contributed by atoms with E-state index < -0.39 is 11.8 Å². The average Bonchev–Trinajstić information content (AvgIpc) is 2.48. The van der Waals surface area contributed by atoms with Crippen molar-refractivity contribution in [3.05, 3.63) is 68.1 Å². The van der Waals surface area contributed by atoms with Gasteiger partial charge in [-0.05, 0) is 36.4 Å². The fraction of sp³-hybridized carbons (Fsp3) is 0. The van der Waals surface area contributed by atoms with E-state index in [2.05, 4.69) is 26.8 Å². The van der Waals surface area contributed by atoms with Crippen molar-refractivity contribution in [3.8, 4) is 0 Å². The monoisotopic (exact) mass is 386 g/mol. The maximum Gasteiger partial charge on any atom is 0.271 e. The van der Waals surface area contributed by atoms with Crippen molar-refractivity contribution in [2.24, 2.45) is 0 Å². The van der Waals surface area contributed by atoms with E-state index in [1.807, 2.05) is 0 Å². The lowest BCUT2D eigenvalue weighted by atomic mass is 10.2. The Labute approximate surface area is 139 Å². The van der Waals surface area contributed by atoms with Gasteiger partial charge in [-0.2, -0.15) is 0 Å². The van der Waals surface area contributed by atoms with Gasteiger partial charge in [0.1, 0.15) is 0 Å². The molecule has 0 saturated heterocycles. The largest absolute Gasteiger partial charge is 0.271 e. The predicted octanol–water partition coefficient (Wildman–Crippen LogP) is 3.83. The van der Waals surface area contributed by atoms with Gasteiger partial charge in [0.2, 0.25) is 0 Å². The van der Waals surface area contributed by atoms with Gasteiger partial charge in [0, 0.05) is 10.0 Å². The lowest BCUT2D eigenvalue weighted by Crippen LogP contribution is -2.41. The summed E-state index contributed by atoms with van der Waals surface area (Å²) in [6.07, 6.45) is 0. The van der Waals surface area contributed by atoms with Crippen LogP contribution in [0.3, 0.4) is 0 Å². The highest BCUT2D eigenvalue weighted by Crippen LogP contribution is 2.25. The van der Waals surface area contributed by atoms with Crippen molar-refractivity contribution in [3.63, 3.8) is 0 Å². The Kier molecular flexibility index (Phi) is 5.22. The van der Waals surface area contributed by atoms with Crippen molar-refractivity contribution < 1.29 is 9.59 Å². The van der Waals surface area contributed by atoms with E-state index in [9.17, 15) is 9.59 Å². The van der Waals surface area contributed by atoms with Crippen LogP contribution in [0.2, 0.25) is 10.0 Å². The molecule has 0 aliphatic carbocycles. The Bertz CT molecular complexity index is 690. The van der Waals surface area contributed by atoms with Crippen LogP contribution in [-0.2, 0) is 0 Å². The second-order valence-corrected chi connectivity index (χ2v) is 5.72. The third-order valence-corrected chi connectivity index (χ3v) is 3.94. The number of hydrazine groups is 1. The second kappa shape index (κ2) is 6.93. The lowest BCUT2D eigenvalue weighted by molar-refractivity contribution is 0.0847.